The first-order valence-electron chi connectivity index (χ1n) is 22.1. The Morgan fingerprint density at radius 3 is 1.53 bits per heavy atom. The maximum atomic E-state index is 11.8. The van der Waals surface area contributed by atoms with Gasteiger partial charge in [0.05, 0.1) is 33.0 Å². The van der Waals surface area contributed by atoms with Gasteiger partial charge in [-0.2, -0.15) is 0 Å². The summed E-state index contributed by atoms with van der Waals surface area (Å²) < 4.78 is 52.2. The summed E-state index contributed by atoms with van der Waals surface area (Å²) in [6, 6.07) is 46.9. The number of carbonyl (C=O) groups is 2. The Hall–Kier alpha value is -5.94. The molecule has 0 aromatic heterocycles. The topological polar surface area (TPSA) is 164 Å². The van der Waals surface area contributed by atoms with Gasteiger partial charge in [-0.25, -0.2) is 0 Å². The van der Waals surface area contributed by atoms with Crippen LogP contribution in [-0.4, -0.2) is 95.0 Å². The molecule has 14 heteroatoms. The van der Waals surface area contributed by atoms with Gasteiger partial charge in [-0.05, 0) is 44.6 Å². The lowest BCUT2D eigenvalue weighted by Gasteiger charge is -2.46. The number of rotatable bonds is 19. The molecule has 0 bridgehead atoms. The molecule has 8 rings (SSSR count). The summed E-state index contributed by atoms with van der Waals surface area (Å²) in [5, 5.41) is 27.1. The van der Waals surface area contributed by atoms with E-state index < -0.39 is 73.0 Å². The number of carbonyl (C=O) groups excluding carboxylic acids is 2. The van der Waals surface area contributed by atoms with Gasteiger partial charge in [0.2, 0.25) is 17.6 Å². The van der Waals surface area contributed by atoms with Crippen LogP contribution >= 0.6 is 0 Å². The molecule has 3 aliphatic rings. The molecule has 14 nitrogen and oxygen atoms in total. The van der Waals surface area contributed by atoms with Crippen LogP contribution in [0.4, 0.5) is 5.69 Å². The molecular formula is C52H55N2O12+. The molecule has 2 N–H and O–H groups in total. The number of aliphatic hydroxyl groups excluding tert-OH is 2. The van der Waals surface area contributed by atoms with Crippen molar-refractivity contribution in [1.82, 2.24) is 0 Å². The minimum Gasteiger partial charge on any atom is -0.463 e. The third kappa shape index (κ3) is 11.9. The fourth-order valence-electron chi connectivity index (χ4n) is 8.24. The predicted molar refractivity (Wildman–Crippen MR) is 239 cm³/mol. The van der Waals surface area contributed by atoms with Gasteiger partial charge in [0.15, 0.2) is 6.10 Å². The van der Waals surface area contributed by atoms with E-state index in [2.05, 4.69) is 0 Å². The number of hydrogen-bond acceptors (Lipinski definition) is 13. The SMILES string of the molecule is CC(=O)OCC1OC(c2ccc([N+]3=NC(C4OC(COCc5ccccc5)C(OCc5ccccc5)C(OCc5ccccc5)C4OCc4ccccc4)=C3)cc2)C(O)C(O)C1OC(C)=O. The van der Waals surface area contributed by atoms with Crippen molar-refractivity contribution in [3.05, 3.63) is 185 Å². The molecule has 0 amide bonds. The van der Waals surface area contributed by atoms with Crippen LogP contribution in [0.25, 0.3) is 0 Å². The molecule has 0 spiro atoms. The van der Waals surface area contributed by atoms with E-state index in [-0.39, 0.29) is 19.8 Å². The molecule has 2 fully saturated rings. The van der Waals surface area contributed by atoms with Crippen LogP contribution in [0.2, 0.25) is 0 Å². The summed E-state index contributed by atoms with van der Waals surface area (Å²) >= 11 is 0. The minimum atomic E-state index is -1.51. The van der Waals surface area contributed by atoms with Crippen molar-refractivity contribution >= 4 is 17.6 Å². The zero-order chi connectivity index (χ0) is 45.8. The van der Waals surface area contributed by atoms with E-state index in [0.717, 1.165) is 22.3 Å². The van der Waals surface area contributed by atoms with Gasteiger partial charge in [0, 0.05) is 31.1 Å². The van der Waals surface area contributed by atoms with Gasteiger partial charge in [0.1, 0.15) is 61.5 Å². The summed E-state index contributed by atoms with van der Waals surface area (Å²) in [4.78, 5) is 23.5. The molecule has 66 heavy (non-hydrogen) atoms. The molecule has 10 unspecified atom stereocenters. The molecule has 344 valence electrons. The van der Waals surface area contributed by atoms with Crippen molar-refractivity contribution < 1.29 is 62.4 Å². The highest BCUT2D eigenvalue weighted by atomic mass is 16.6. The molecule has 5 aromatic rings. The first-order chi connectivity index (χ1) is 32.2. The maximum Gasteiger partial charge on any atom is 0.303 e. The summed E-state index contributed by atoms with van der Waals surface area (Å²) in [5.74, 6) is -1.25. The molecule has 2 saturated heterocycles. The number of azo groups is 2. The van der Waals surface area contributed by atoms with Crippen LogP contribution < -0.4 is 0 Å². The first-order valence-corrected chi connectivity index (χ1v) is 22.1. The zero-order valence-electron chi connectivity index (χ0n) is 36.8. The number of esters is 2. The summed E-state index contributed by atoms with van der Waals surface area (Å²) in [6.07, 6.45) is -7.58. The average Bonchev–Trinajstić information content (AvgIpc) is 3.32. The number of hydrogen-bond donors (Lipinski definition) is 2. The first kappa shape index (κ1) is 46.6. The number of ether oxygens (including phenoxy) is 8. The van der Waals surface area contributed by atoms with E-state index in [1.165, 1.54) is 13.8 Å². The summed E-state index contributed by atoms with van der Waals surface area (Å²) in [6.45, 7) is 3.59. The van der Waals surface area contributed by atoms with Gasteiger partial charge in [0.25, 0.3) is 0 Å². The second-order valence-electron chi connectivity index (χ2n) is 16.4. The lowest BCUT2D eigenvalue weighted by molar-refractivity contribution is -0.465. The molecular weight excluding hydrogens is 845 g/mol. The molecule has 10 atom stereocenters. The van der Waals surface area contributed by atoms with Crippen LogP contribution in [0, 0.1) is 0 Å². The minimum absolute atomic E-state index is 0.201. The van der Waals surface area contributed by atoms with Crippen LogP contribution in [0.5, 0.6) is 0 Å². The van der Waals surface area contributed by atoms with E-state index in [4.69, 9.17) is 43.0 Å². The van der Waals surface area contributed by atoms with Gasteiger partial charge < -0.3 is 48.1 Å². The van der Waals surface area contributed by atoms with E-state index in [1.54, 1.807) is 29.0 Å². The van der Waals surface area contributed by atoms with Crippen LogP contribution in [-0.2, 0) is 73.9 Å². The fourth-order valence-corrected chi connectivity index (χ4v) is 8.24. The van der Waals surface area contributed by atoms with Gasteiger partial charge in [-0.15, -0.1) is 0 Å². The molecule has 3 heterocycles. The van der Waals surface area contributed by atoms with Gasteiger partial charge in [-0.1, -0.05) is 121 Å². The maximum absolute atomic E-state index is 11.8. The number of benzene rings is 5. The van der Waals surface area contributed by atoms with Crippen molar-refractivity contribution in [2.75, 3.05) is 13.2 Å². The average molecular weight is 900 g/mol. The second-order valence-corrected chi connectivity index (χ2v) is 16.4. The normalized spacial score (nSPS) is 26.1. The lowest BCUT2D eigenvalue weighted by Crippen LogP contribution is -2.61. The van der Waals surface area contributed by atoms with Crippen molar-refractivity contribution in [3.8, 4) is 0 Å². The fraction of sp³-hybridized carbons (Fsp3) is 0.346. The van der Waals surface area contributed by atoms with Crippen LogP contribution in [0.3, 0.4) is 0 Å². The van der Waals surface area contributed by atoms with Crippen molar-refractivity contribution in [2.24, 2.45) is 5.11 Å². The van der Waals surface area contributed by atoms with E-state index in [9.17, 15) is 19.8 Å². The van der Waals surface area contributed by atoms with Crippen LogP contribution in [0.1, 0.15) is 47.8 Å². The monoisotopic (exact) mass is 899 g/mol. The zero-order valence-corrected chi connectivity index (χ0v) is 36.8. The highest BCUT2D eigenvalue weighted by molar-refractivity contribution is 5.66. The van der Waals surface area contributed by atoms with E-state index >= 15 is 0 Å². The molecule has 0 saturated carbocycles. The largest absolute Gasteiger partial charge is 0.463 e. The van der Waals surface area contributed by atoms with Crippen molar-refractivity contribution in [1.29, 1.82) is 0 Å². The molecule has 3 aliphatic heterocycles. The molecule has 5 aromatic carbocycles. The van der Waals surface area contributed by atoms with Gasteiger partial charge in [-0.3, -0.25) is 9.59 Å². The lowest BCUT2D eigenvalue weighted by atomic mass is 9.91. The van der Waals surface area contributed by atoms with Crippen molar-refractivity contribution in [3.63, 3.8) is 0 Å². The highest BCUT2D eigenvalue weighted by Gasteiger charge is 2.52. The number of aliphatic hydroxyl groups is 2. The van der Waals surface area contributed by atoms with E-state index in [1.807, 2.05) is 128 Å². The Balaban J connectivity index is 1.06. The Bertz CT molecular complexity index is 2390. The quantitative estimate of drug-likeness (QED) is 0.0644. The Kier molecular flexibility index (Phi) is 15.9. The smallest absolute Gasteiger partial charge is 0.303 e. The summed E-state index contributed by atoms with van der Waals surface area (Å²) in [7, 11) is 0. The number of nitrogens with zero attached hydrogens (tertiary/aromatic N) is 2. The third-order valence-corrected chi connectivity index (χ3v) is 11.6. The highest BCUT2D eigenvalue weighted by Crippen LogP contribution is 2.39. The Morgan fingerprint density at radius 2 is 1.02 bits per heavy atom. The van der Waals surface area contributed by atoms with Gasteiger partial charge >= 0.3 is 11.9 Å². The molecule has 0 radical (unpaired) electrons. The van der Waals surface area contributed by atoms with E-state index in [0.29, 0.717) is 36.8 Å². The predicted octanol–water partition coefficient (Wildman–Crippen LogP) is 7.03. The summed E-state index contributed by atoms with van der Waals surface area (Å²) in [5.41, 5.74) is 5.86. The Labute approximate surface area is 383 Å². The third-order valence-electron chi connectivity index (χ3n) is 11.6. The second kappa shape index (κ2) is 22.5. The van der Waals surface area contributed by atoms with Crippen molar-refractivity contribution in [2.45, 2.75) is 101 Å². The molecule has 0 aliphatic carbocycles. The Morgan fingerprint density at radius 1 is 0.545 bits per heavy atom. The standard InChI is InChI=1S/C52H55N2O12/c1-34(55)60-33-44-49(64-35(2)56)46(58)45(57)47(65-44)40-23-25-41(26-24-40)54-27-42(53-54)48-51(62-30-38-19-11-5-12-20-38)52(63-31-39-21-13-6-14-22-39)50(61-29-37-17-9-4-10-18-37)43(66-48)32-59-28-36-15-7-3-8-16-36/h3-27,43-52,57-58H,28-33H2,1-2H3/q+1. The van der Waals surface area contributed by atoms with Crippen LogP contribution in [0.15, 0.2) is 163 Å².